The molecule has 3 heterocycles. The standard InChI is InChI=1S/C18H14ClN5/c19-13-6-14-15(10-22-18(14)21-9-13)16-7-17(24-11-23-16)20-8-12-4-2-1-3-5-12/h1-7,9-11H,8H2,(H,21,22)(H,20,23,24). The molecule has 2 N–H and O–H groups in total. The van der Waals surface area contributed by atoms with E-state index < -0.39 is 0 Å². The second-order valence-electron chi connectivity index (χ2n) is 5.38. The topological polar surface area (TPSA) is 66.5 Å². The van der Waals surface area contributed by atoms with Gasteiger partial charge in [0.05, 0.1) is 10.7 Å². The Kier molecular flexibility index (Phi) is 3.84. The zero-order valence-electron chi connectivity index (χ0n) is 12.7. The highest BCUT2D eigenvalue weighted by Crippen LogP contribution is 2.28. The van der Waals surface area contributed by atoms with Crippen LogP contribution in [-0.4, -0.2) is 19.9 Å². The van der Waals surface area contributed by atoms with Gasteiger partial charge in [-0.3, -0.25) is 0 Å². The number of aromatic amines is 1. The van der Waals surface area contributed by atoms with E-state index in [-0.39, 0.29) is 0 Å². The van der Waals surface area contributed by atoms with Crippen molar-refractivity contribution in [2.45, 2.75) is 6.54 Å². The van der Waals surface area contributed by atoms with Crippen LogP contribution in [0.3, 0.4) is 0 Å². The number of H-pyrrole nitrogens is 1. The maximum atomic E-state index is 6.06. The van der Waals surface area contributed by atoms with Gasteiger partial charge in [0.1, 0.15) is 17.8 Å². The van der Waals surface area contributed by atoms with Crippen molar-refractivity contribution in [2.75, 3.05) is 5.32 Å². The van der Waals surface area contributed by atoms with Crippen LogP contribution in [0.25, 0.3) is 22.3 Å². The van der Waals surface area contributed by atoms with E-state index in [9.17, 15) is 0 Å². The lowest BCUT2D eigenvalue weighted by Crippen LogP contribution is -2.01. The van der Waals surface area contributed by atoms with Crippen molar-refractivity contribution in [1.29, 1.82) is 0 Å². The lowest BCUT2D eigenvalue weighted by Gasteiger charge is -2.07. The molecule has 0 bridgehead atoms. The average Bonchev–Trinajstić information content (AvgIpc) is 3.04. The molecule has 1 aromatic carbocycles. The molecule has 0 aliphatic rings. The molecule has 0 amide bonds. The van der Waals surface area contributed by atoms with E-state index in [0.717, 1.165) is 28.1 Å². The van der Waals surface area contributed by atoms with E-state index in [1.807, 2.05) is 36.5 Å². The molecule has 5 nitrogen and oxygen atoms in total. The van der Waals surface area contributed by atoms with Crippen molar-refractivity contribution in [3.8, 4) is 11.3 Å². The van der Waals surface area contributed by atoms with Gasteiger partial charge in [0.25, 0.3) is 0 Å². The highest BCUT2D eigenvalue weighted by Gasteiger charge is 2.10. The zero-order valence-corrected chi connectivity index (χ0v) is 13.5. The molecule has 0 fully saturated rings. The molecule has 3 aromatic heterocycles. The van der Waals surface area contributed by atoms with Gasteiger partial charge in [0, 0.05) is 36.0 Å². The van der Waals surface area contributed by atoms with Crippen LogP contribution < -0.4 is 5.32 Å². The summed E-state index contributed by atoms with van der Waals surface area (Å²) < 4.78 is 0. The van der Waals surface area contributed by atoms with Crippen LogP contribution in [0.2, 0.25) is 5.02 Å². The normalized spacial score (nSPS) is 10.9. The summed E-state index contributed by atoms with van der Waals surface area (Å²) in [5, 5.41) is 4.86. The SMILES string of the molecule is Clc1cnc2[nH]cc(-c3cc(NCc4ccccc4)ncn3)c2c1. The van der Waals surface area contributed by atoms with E-state index in [0.29, 0.717) is 11.6 Å². The first-order valence-electron chi connectivity index (χ1n) is 7.52. The minimum Gasteiger partial charge on any atom is -0.366 e. The first-order chi connectivity index (χ1) is 11.8. The third-order valence-electron chi connectivity index (χ3n) is 3.76. The van der Waals surface area contributed by atoms with Gasteiger partial charge in [0.15, 0.2) is 0 Å². The Morgan fingerprint density at radius 2 is 1.92 bits per heavy atom. The van der Waals surface area contributed by atoms with Gasteiger partial charge in [-0.2, -0.15) is 0 Å². The molecule has 4 rings (SSSR count). The van der Waals surface area contributed by atoms with Gasteiger partial charge in [-0.15, -0.1) is 0 Å². The first-order valence-corrected chi connectivity index (χ1v) is 7.90. The Bertz CT molecular complexity index is 981. The Hall–Kier alpha value is -2.92. The maximum absolute atomic E-state index is 6.06. The highest BCUT2D eigenvalue weighted by atomic mass is 35.5. The van der Waals surface area contributed by atoms with Gasteiger partial charge in [-0.25, -0.2) is 15.0 Å². The molecule has 6 heteroatoms. The third kappa shape index (κ3) is 2.94. The number of rotatable bonds is 4. The summed E-state index contributed by atoms with van der Waals surface area (Å²) in [7, 11) is 0. The van der Waals surface area contributed by atoms with Crippen molar-refractivity contribution in [1.82, 2.24) is 19.9 Å². The van der Waals surface area contributed by atoms with Crippen LogP contribution in [0.4, 0.5) is 5.82 Å². The number of hydrogen-bond acceptors (Lipinski definition) is 4. The number of aromatic nitrogens is 4. The Balaban J connectivity index is 1.63. The summed E-state index contributed by atoms with van der Waals surface area (Å²) in [5.74, 6) is 0.771. The van der Waals surface area contributed by atoms with E-state index in [1.54, 1.807) is 12.5 Å². The molecular formula is C18H14ClN5. The fourth-order valence-corrected chi connectivity index (χ4v) is 2.74. The van der Waals surface area contributed by atoms with Gasteiger partial charge in [-0.1, -0.05) is 41.9 Å². The zero-order chi connectivity index (χ0) is 16.4. The fourth-order valence-electron chi connectivity index (χ4n) is 2.58. The molecular weight excluding hydrogens is 322 g/mol. The third-order valence-corrected chi connectivity index (χ3v) is 3.96. The summed E-state index contributed by atoms with van der Waals surface area (Å²) in [4.78, 5) is 16.1. The summed E-state index contributed by atoms with van der Waals surface area (Å²) in [6.07, 6.45) is 5.06. The van der Waals surface area contributed by atoms with Gasteiger partial charge >= 0.3 is 0 Å². The molecule has 0 radical (unpaired) electrons. The van der Waals surface area contributed by atoms with E-state index >= 15 is 0 Å². The predicted octanol–water partition coefficient (Wildman–Crippen LogP) is 4.29. The molecule has 118 valence electrons. The fraction of sp³-hybridized carbons (Fsp3) is 0.0556. The monoisotopic (exact) mass is 335 g/mol. The predicted molar refractivity (Wildman–Crippen MR) is 95.9 cm³/mol. The minimum atomic E-state index is 0.597. The van der Waals surface area contributed by atoms with Crippen LogP contribution in [0.15, 0.2) is 61.2 Å². The number of hydrogen-bond donors (Lipinski definition) is 2. The minimum absolute atomic E-state index is 0.597. The van der Waals surface area contributed by atoms with Crippen LogP contribution in [0.1, 0.15) is 5.56 Å². The second kappa shape index (κ2) is 6.29. The van der Waals surface area contributed by atoms with Crippen molar-refractivity contribution in [2.24, 2.45) is 0 Å². The maximum Gasteiger partial charge on any atom is 0.138 e. The quantitative estimate of drug-likeness (QED) is 0.584. The van der Waals surface area contributed by atoms with E-state index in [1.165, 1.54) is 5.56 Å². The number of nitrogens with zero attached hydrogens (tertiary/aromatic N) is 3. The van der Waals surface area contributed by atoms with E-state index in [4.69, 9.17) is 11.6 Å². The lowest BCUT2D eigenvalue weighted by atomic mass is 10.1. The molecule has 0 unspecified atom stereocenters. The van der Waals surface area contributed by atoms with Crippen LogP contribution in [-0.2, 0) is 6.54 Å². The summed E-state index contributed by atoms with van der Waals surface area (Å²) in [6.45, 7) is 0.707. The van der Waals surface area contributed by atoms with Crippen LogP contribution >= 0.6 is 11.6 Å². The summed E-state index contributed by atoms with van der Waals surface area (Å²) in [5.41, 5.74) is 3.74. The lowest BCUT2D eigenvalue weighted by molar-refractivity contribution is 1.08. The van der Waals surface area contributed by atoms with Crippen molar-refractivity contribution in [3.05, 3.63) is 71.8 Å². The average molecular weight is 336 g/mol. The highest BCUT2D eigenvalue weighted by molar-refractivity contribution is 6.31. The first kappa shape index (κ1) is 14.7. The van der Waals surface area contributed by atoms with Gasteiger partial charge < -0.3 is 10.3 Å². The van der Waals surface area contributed by atoms with Gasteiger partial charge in [-0.05, 0) is 11.6 Å². The van der Waals surface area contributed by atoms with Crippen LogP contribution in [0.5, 0.6) is 0 Å². The summed E-state index contributed by atoms with van der Waals surface area (Å²) >= 11 is 6.06. The number of fused-ring (bicyclic) bond motifs is 1. The van der Waals surface area contributed by atoms with Crippen molar-refractivity contribution in [3.63, 3.8) is 0 Å². The van der Waals surface area contributed by atoms with Crippen molar-refractivity contribution < 1.29 is 0 Å². The molecule has 24 heavy (non-hydrogen) atoms. The smallest absolute Gasteiger partial charge is 0.138 e. The Labute approximate surface area is 143 Å². The van der Waals surface area contributed by atoms with Crippen molar-refractivity contribution >= 4 is 28.5 Å². The molecule has 4 aromatic rings. The van der Waals surface area contributed by atoms with Crippen LogP contribution in [0, 0.1) is 0 Å². The number of nitrogens with one attached hydrogen (secondary N) is 2. The molecule has 0 saturated heterocycles. The largest absolute Gasteiger partial charge is 0.366 e. The number of pyridine rings is 1. The Morgan fingerprint density at radius 3 is 2.79 bits per heavy atom. The number of benzene rings is 1. The number of halogens is 1. The molecule has 0 saturated carbocycles. The molecule has 0 aliphatic heterocycles. The van der Waals surface area contributed by atoms with Gasteiger partial charge in [0.2, 0.25) is 0 Å². The molecule has 0 atom stereocenters. The Morgan fingerprint density at radius 1 is 1.04 bits per heavy atom. The molecule has 0 spiro atoms. The number of anilines is 1. The summed E-state index contributed by atoms with van der Waals surface area (Å²) in [6, 6.07) is 14.0. The molecule has 0 aliphatic carbocycles. The second-order valence-corrected chi connectivity index (χ2v) is 5.82. The van der Waals surface area contributed by atoms with E-state index in [2.05, 4.69) is 37.4 Å².